The van der Waals surface area contributed by atoms with Crippen LogP contribution in [0.5, 0.6) is 0 Å². The van der Waals surface area contributed by atoms with Crippen LogP contribution >= 0.6 is 15.9 Å². The smallest absolute Gasteiger partial charge is 0.264 e. The van der Waals surface area contributed by atoms with E-state index in [1.165, 1.54) is 6.07 Å². The van der Waals surface area contributed by atoms with Crippen molar-refractivity contribution in [2.24, 2.45) is 0 Å². The molecule has 0 aliphatic carbocycles. The number of halogens is 1. The monoisotopic (exact) mass is 548 g/mol. The molecule has 3 aromatic carbocycles. The number of sulfonamides is 1. The van der Waals surface area contributed by atoms with E-state index in [0.717, 1.165) is 4.47 Å². The van der Waals surface area contributed by atoms with E-state index in [1.54, 1.807) is 61.7 Å². The summed E-state index contributed by atoms with van der Waals surface area (Å²) >= 11 is 3.33. The second kappa shape index (κ2) is 12.1. The van der Waals surface area contributed by atoms with Gasteiger partial charge in [0.2, 0.25) is 5.91 Å². The number of hydrogen-bond donors (Lipinski definition) is 2. The number of benzene rings is 3. The average molecular weight is 549 g/mol. The second-order valence-corrected chi connectivity index (χ2v) is 9.92. The number of nitrogens with one attached hydrogen (secondary N) is 2. The Morgan fingerprint density at radius 3 is 2.35 bits per heavy atom. The largest absolute Gasteiger partial charge is 0.382 e. The third-order valence-electron chi connectivity index (χ3n) is 4.88. The Hall–Kier alpha value is -2.79. The molecule has 0 saturated heterocycles. The first-order valence-corrected chi connectivity index (χ1v) is 12.8. The predicted molar refractivity (Wildman–Crippen MR) is 133 cm³/mol. The van der Waals surface area contributed by atoms with Crippen molar-refractivity contribution in [2.75, 3.05) is 32.2 Å². The molecule has 0 unspecified atom stereocenters. The Balaban J connectivity index is 1.80. The summed E-state index contributed by atoms with van der Waals surface area (Å²) in [5, 5.41) is 3.71. The van der Waals surface area contributed by atoms with Crippen molar-refractivity contribution >= 4 is 54.2 Å². The van der Waals surface area contributed by atoms with Crippen molar-refractivity contribution in [3.05, 3.63) is 70.7 Å². The van der Waals surface area contributed by atoms with Crippen LogP contribution in [0.3, 0.4) is 0 Å². The van der Waals surface area contributed by atoms with Crippen molar-refractivity contribution in [2.45, 2.75) is 17.7 Å². The highest BCUT2D eigenvalue weighted by molar-refractivity contribution is 9.10. The van der Waals surface area contributed by atoms with Gasteiger partial charge in [-0.2, -0.15) is 0 Å². The molecule has 0 aliphatic rings. The van der Waals surface area contributed by atoms with Gasteiger partial charge >= 0.3 is 0 Å². The zero-order valence-corrected chi connectivity index (χ0v) is 20.9. The van der Waals surface area contributed by atoms with Crippen LogP contribution in [0.4, 0.5) is 5.69 Å². The summed E-state index contributed by atoms with van der Waals surface area (Å²) in [5.74, 6) is -1.02. The first-order valence-electron chi connectivity index (χ1n) is 10.5. The number of carbonyl (C=O) groups excluding carboxylic acids is 2. The molecular weight excluding hydrogens is 524 g/mol. The minimum atomic E-state index is -4.18. The molecule has 0 radical (unpaired) electrons. The fourth-order valence-electron chi connectivity index (χ4n) is 3.27. The number of rotatable bonds is 11. The molecule has 2 amide bonds. The van der Waals surface area contributed by atoms with Crippen LogP contribution in [0.1, 0.15) is 23.2 Å². The molecule has 3 rings (SSSR count). The zero-order valence-electron chi connectivity index (χ0n) is 18.5. The number of anilines is 1. The van der Waals surface area contributed by atoms with Crippen LogP contribution in [0.25, 0.3) is 10.8 Å². The van der Waals surface area contributed by atoms with Gasteiger partial charge in [-0.3, -0.25) is 9.59 Å². The van der Waals surface area contributed by atoms with Crippen LogP contribution < -0.4 is 10.0 Å². The topological polar surface area (TPSA) is 111 Å². The van der Waals surface area contributed by atoms with E-state index >= 15 is 0 Å². The molecular formula is C24H25BrN2O6S. The number of methoxy groups -OCH3 is 1. The maximum atomic E-state index is 13.1. The third-order valence-corrected chi connectivity index (χ3v) is 6.83. The molecule has 10 heteroatoms. The molecule has 34 heavy (non-hydrogen) atoms. The fraction of sp³-hybridized carbons (Fsp3) is 0.250. The highest BCUT2D eigenvalue weighted by Crippen LogP contribution is 2.30. The van der Waals surface area contributed by atoms with E-state index in [2.05, 4.69) is 26.0 Å². The summed E-state index contributed by atoms with van der Waals surface area (Å²) in [6.45, 7) is 1.17. The number of fused-ring (bicyclic) bond motifs is 1. The summed E-state index contributed by atoms with van der Waals surface area (Å²) < 4.78 is 39.3. The van der Waals surface area contributed by atoms with Crippen LogP contribution in [0.2, 0.25) is 0 Å². The summed E-state index contributed by atoms with van der Waals surface area (Å²) in [7, 11) is -2.62. The molecule has 3 aromatic rings. The first-order chi connectivity index (χ1) is 16.3. The van der Waals surface area contributed by atoms with Gasteiger partial charge in [-0.1, -0.05) is 40.2 Å². The highest BCUT2D eigenvalue weighted by atomic mass is 79.9. The number of amides is 2. The Labute approximate surface area is 206 Å². The van der Waals surface area contributed by atoms with E-state index in [1.807, 2.05) is 0 Å². The lowest BCUT2D eigenvalue weighted by molar-refractivity contribution is -0.119. The predicted octanol–water partition coefficient (Wildman–Crippen LogP) is 4.10. The Morgan fingerprint density at radius 2 is 1.65 bits per heavy atom. The van der Waals surface area contributed by atoms with E-state index in [0.29, 0.717) is 48.3 Å². The van der Waals surface area contributed by atoms with Gasteiger partial charge in [0, 0.05) is 35.6 Å². The maximum Gasteiger partial charge on any atom is 0.264 e. The summed E-state index contributed by atoms with van der Waals surface area (Å²) in [4.78, 5) is 24.9. The minimum absolute atomic E-state index is 0.00978. The molecule has 0 spiro atoms. The average Bonchev–Trinajstić information content (AvgIpc) is 2.81. The third kappa shape index (κ3) is 6.86. The molecule has 0 atom stereocenters. The first kappa shape index (κ1) is 25.8. The molecule has 0 bridgehead atoms. The van der Waals surface area contributed by atoms with Gasteiger partial charge in [0.05, 0.1) is 23.8 Å². The van der Waals surface area contributed by atoms with Crippen LogP contribution in [0.15, 0.2) is 70.0 Å². The number of ether oxygens (including phenoxy) is 2. The summed E-state index contributed by atoms with van der Waals surface area (Å²) in [6, 6.07) is 16.6. The standard InChI is InChI=1S/C24H25BrN2O6S/c1-32-15-16-33-14-4-9-22(28)27-34(30,31)21-8-3-6-17-5-2-7-20(23(17)21)26-24(29)18-10-12-19(25)13-11-18/h2-3,5-8,10-13H,4,9,14-16H2,1H3,(H,26,29)(H,27,28). The molecule has 180 valence electrons. The molecule has 8 nitrogen and oxygen atoms in total. The van der Waals surface area contributed by atoms with Crippen molar-refractivity contribution in [3.8, 4) is 0 Å². The van der Waals surface area contributed by atoms with Gasteiger partial charge < -0.3 is 14.8 Å². The molecule has 0 saturated carbocycles. The quantitative estimate of drug-likeness (QED) is 0.349. The number of hydrogen-bond acceptors (Lipinski definition) is 6. The van der Waals surface area contributed by atoms with Gasteiger partial charge in [-0.15, -0.1) is 0 Å². The van der Waals surface area contributed by atoms with Gasteiger partial charge in [-0.05, 0) is 48.2 Å². The van der Waals surface area contributed by atoms with E-state index in [-0.39, 0.29) is 17.2 Å². The second-order valence-electron chi connectivity index (χ2n) is 7.36. The minimum Gasteiger partial charge on any atom is -0.382 e. The van der Waals surface area contributed by atoms with Crippen LogP contribution in [-0.4, -0.2) is 47.2 Å². The molecule has 2 N–H and O–H groups in total. The van der Waals surface area contributed by atoms with Crippen LogP contribution in [-0.2, 0) is 24.3 Å². The van der Waals surface area contributed by atoms with Gasteiger partial charge in [0.1, 0.15) is 0 Å². The zero-order chi connectivity index (χ0) is 24.6. The number of carbonyl (C=O) groups is 2. The van der Waals surface area contributed by atoms with Crippen molar-refractivity contribution < 1.29 is 27.5 Å². The Bertz CT molecular complexity index is 1260. The molecule has 0 fully saturated rings. The Kier molecular flexibility index (Phi) is 9.17. The lowest BCUT2D eigenvalue weighted by atomic mass is 10.1. The van der Waals surface area contributed by atoms with Crippen molar-refractivity contribution in [1.82, 2.24) is 4.72 Å². The highest BCUT2D eigenvalue weighted by Gasteiger charge is 2.22. The van der Waals surface area contributed by atoms with Crippen LogP contribution in [0, 0.1) is 0 Å². The maximum absolute atomic E-state index is 13.1. The summed E-state index contributed by atoms with van der Waals surface area (Å²) in [5.41, 5.74) is 0.743. The van der Waals surface area contributed by atoms with Gasteiger partial charge in [-0.25, -0.2) is 13.1 Å². The van der Waals surface area contributed by atoms with Gasteiger partial charge in [0.15, 0.2) is 0 Å². The lowest BCUT2D eigenvalue weighted by Crippen LogP contribution is -2.30. The van der Waals surface area contributed by atoms with E-state index in [9.17, 15) is 18.0 Å². The Morgan fingerprint density at radius 1 is 0.941 bits per heavy atom. The van der Waals surface area contributed by atoms with E-state index in [4.69, 9.17) is 9.47 Å². The molecule has 0 aliphatic heterocycles. The lowest BCUT2D eigenvalue weighted by Gasteiger charge is -2.14. The summed E-state index contributed by atoms with van der Waals surface area (Å²) in [6.07, 6.45) is 0.360. The molecule has 0 aromatic heterocycles. The van der Waals surface area contributed by atoms with E-state index < -0.39 is 15.9 Å². The van der Waals surface area contributed by atoms with Crippen molar-refractivity contribution in [3.63, 3.8) is 0 Å². The normalized spacial score (nSPS) is 11.4. The molecule has 0 heterocycles. The van der Waals surface area contributed by atoms with Crippen molar-refractivity contribution in [1.29, 1.82) is 0 Å². The fourth-order valence-corrected chi connectivity index (χ4v) is 4.80. The van der Waals surface area contributed by atoms with Gasteiger partial charge in [0.25, 0.3) is 15.9 Å². The SMILES string of the molecule is COCCOCCCC(=O)NS(=O)(=O)c1cccc2cccc(NC(=O)c3ccc(Br)cc3)c12.